The molecule has 38 heavy (non-hydrogen) atoms. The standard InChI is InChI=1S/C28H32F3N5O2/c1-32-27(37)19-9-10-24(26(16-19)38-3)33-13-5-6-21-17-22-23(34-20-11-14-35(2)15-12-20)7-4-8-25(22)36(21)18-28(29,30)31/h4,7-10,16-17,20,33-34H,11-15,18H2,1-3H3,(H,32,37). The largest absolute Gasteiger partial charge is 0.495 e. The molecule has 1 aliphatic rings. The lowest BCUT2D eigenvalue weighted by atomic mass is 10.0. The number of aromatic nitrogens is 1. The number of piperidine rings is 1. The van der Waals surface area contributed by atoms with Gasteiger partial charge in [0.1, 0.15) is 12.3 Å². The molecule has 1 saturated heterocycles. The summed E-state index contributed by atoms with van der Waals surface area (Å²) >= 11 is 0. The number of anilines is 2. The molecule has 0 atom stereocenters. The number of amides is 1. The zero-order chi connectivity index (χ0) is 27.3. The van der Waals surface area contributed by atoms with Crippen molar-refractivity contribution in [3.8, 4) is 17.6 Å². The number of ether oxygens (including phenoxy) is 1. The van der Waals surface area contributed by atoms with E-state index in [0.717, 1.165) is 37.0 Å². The molecular formula is C28H32F3N5O2. The van der Waals surface area contributed by atoms with Crippen molar-refractivity contribution in [1.82, 2.24) is 14.8 Å². The number of rotatable bonds is 7. The summed E-state index contributed by atoms with van der Waals surface area (Å²) in [5.41, 5.74) is 2.67. The summed E-state index contributed by atoms with van der Waals surface area (Å²) < 4.78 is 47.1. The minimum Gasteiger partial charge on any atom is -0.495 e. The van der Waals surface area contributed by atoms with E-state index < -0.39 is 12.7 Å². The molecule has 1 aliphatic heterocycles. The normalized spacial score (nSPS) is 14.6. The Bertz CT molecular complexity index is 1350. The van der Waals surface area contributed by atoms with E-state index in [4.69, 9.17) is 4.74 Å². The molecule has 0 spiro atoms. The molecule has 7 nitrogen and oxygen atoms in total. The van der Waals surface area contributed by atoms with Crippen LogP contribution in [0.5, 0.6) is 5.75 Å². The van der Waals surface area contributed by atoms with Crippen LogP contribution in [0.1, 0.15) is 28.9 Å². The van der Waals surface area contributed by atoms with Gasteiger partial charge in [-0.15, -0.1) is 0 Å². The molecule has 0 bridgehead atoms. The minimum absolute atomic E-state index is 0.171. The molecular weight excluding hydrogens is 495 g/mol. The second-order valence-electron chi connectivity index (χ2n) is 9.34. The predicted octanol–water partition coefficient (Wildman–Crippen LogP) is 4.54. The number of methoxy groups -OCH3 is 1. The maximum absolute atomic E-state index is 13.5. The number of likely N-dealkylation sites (tertiary alicyclic amines) is 1. The smallest absolute Gasteiger partial charge is 0.406 e. The number of carbonyl (C=O) groups excluding carboxylic acids is 1. The van der Waals surface area contributed by atoms with Gasteiger partial charge in [0.25, 0.3) is 5.91 Å². The van der Waals surface area contributed by atoms with Gasteiger partial charge in [-0.2, -0.15) is 13.2 Å². The molecule has 1 amide bonds. The predicted molar refractivity (Wildman–Crippen MR) is 144 cm³/mol. The zero-order valence-corrected chi connectivity index (χ0v) is 21.7. The van der Waals surface area contributed by atoms with Crippen molar-refractivity contribution < 1.29 is 22.7 Å². The highest BCUT2D eigenvalue weighted by atomic mass is 19.4. The van der Waals surface area contributed by atoms with Gasteiger partial charge in [-0.25, -0.2) is 0 Å². The van der Waals surface area contributed by atoms with E-state index in [1.165, 1.54) is 11.7 Å². The van der Waals surface area contributed by atoms with Crippen molar-refractivity contribution >= 4 is 28.2 Å². The summed E-state index contributed by atoms with van der Waals surface area (Å²) in [5.74, 6) is 6.08. The number of benzene rings is 2. The van der Waals surface area contributed by atoms with Crippen LogP contribution in [-0.2, 0) is 6.54 Å². The first kappa shape index (κ1) is 27.2. The van der Waals surface area contributed by atoms with Crippen LogP contribution in [0.4, 0.5) is 24.5 Å². The molecule has 0 unspecified atom stereocenters. The summed E-state index contributed by atoms with van der Waals surface area (Å²) in [5, 5.41) is 9.93. The number of nitrogens with one attached hydrogen (secondary N) is 3. The highest BCUT2D eigenvalue weighted by Gasteiger charge is 2.30. The molecule has 10 heteroatoms. The minimum atomic E-state index is -4.39. The summed E-state index contributed by atoms with van der Waals surface area (Å²) in [6, 6.07) is 12.3. The van der Waals surface area contributed by atoms with E-state index in [1.54, 1.807) is 43.4 Å². The van der Waals surface area contributed by atoms with Gasteiger partial charge in [0.05, 0.1) is 30.6 Å². The molecule has 4 rings (SSSR count). The molecule has 2 heterocycles. The van der Waals surface area contributed by atoms with Crippen LogP contribution in [0.25, 0.3) is 10.9 Å². The van der Waals surface area contributed by atoms with Gasteiger partial charge in [0.2, 0.25) is 0 Å². The first-order valence-corrected chi connectivity index (χ1v) is 12.5. The first-order valence-electron chi connectivity index (χ1n) is 12.5. The summed E-state index contributed by atoms with van der Waals surface area (Å²) in [6.45, 7) is 1.00. The van der Waals surface area contributed by atoms with Crippen LogP contribution >= 0.6 is 0 Å². The van der Waals surface area contributed by atoms with Gasteiger partial charge in [-0.05, 0) is 75.3 Å². The number of carbonyl (C=O) groups is 1. The van der Waals surface area contributed by atoms with Crippen LogP contribution < -0.4 is 20.7 Å². The molecule has 1 aromatic heterocycles. The fourth-order valence-corrected chi connectivity index (χ4v) is 4.63. The van der Waals surface area contributed by atoms with Crippen molar-refractivity contribution in [3.05, 3.63) is 53.7 Å². The fourth-order valence-electron chi connectivity index (χ4n) is 4.63. The third-order valence-corrected chi connectivity index (χ3v) is 6.64. The average Bonchev–Trinajstić information content (AvgIpc) is 3.24. The number of nitrogens with zero attached hydrogens (tertiary/aromatic N) is 2. The van der Waals surface area contributed by atoms with Crippen LogP contribution in [0.2, 0.25) is 0 Å². The van der Waals surface area contributed by atoms with E-state index >= 15 is 0 Å². The molecule has 3 aromatic rings. The van der Waals surface area contributed by atoms with Gasteiger partial charge in [-0.3, -0.25) is 4.79 Å². The van der Waals surface area contributed by atoms with E-state index in [0.29, 0.717) is 28.2 Å². The Balaban J connectivity index is 1.58. The number of halogens is 3. The SMILES string of the molecule is CNC(=O)c1ccc(NCC#Cc2cc3c(NC4CCN(C)CC4)cccc3n2CC(F)(F)F)c(OC)c1. The van der Waals surface area contributed by atoms with Crippen molar-refractivity contribution in [3.63, 3.8) is 0 Å². The molecule has 0 aliphatic carbocycles. The Kier molecular flexibility index (Phi) is 8.37. The molecule has 0 radical (unpaired) electrons. The Morgan fingerprint density at radius 2 is 1.89 bits per heavy atom. The topological polar surface area (TPSA) is 70.6 Å². The van der Waals surface area contributed by atoms with E-state index in [2.05, 4.69) is 39.7 Å². The monoisotopic (exact) mass is 527 g/mol. The second-order valence-corrected chi connectivity index (χ2v) is 9.34. The van der Waals surface area contributed by atoms with Gasteiger partial charge in [0, 0.05) is 29.7 Å². The lowest BCUT2D eigenvalue weighted by Gasteiger charge is -2.30. The number of hydrogen-bond acceptors (Lipinski definition) is 5. The molecule has 1 fully saturated rings. The lowest BCUT2D eigenvalue weighted by molar-refractivity contribution is -0.140. The fraction of sp³-hybridized carbons (Fsp3) is 0.393. The van der Waals surface area contributed by atoms with Crippen LogP contribution in [0.15, 0.2) is 42.5 Å². The maximum atomic E-state index is 13.5. The van der Waals surface area contributed by atoms with Crippen molar-refractivity contribution in [2.75, 3.05) is 51.5 Å². The second kappa shape index (κ2) is 11.7. The number of alkyl halides is 3. The highest BCUT2D eigenvalue weighted by Crippen LogP contribution is 2.31. The van der Waals surface area contributed by atoms with Gasteiger partial charge < -0.3 is 30.2 Å². The lowest BCUT2D eigenvalue weighted by Crippen LogP contribution is -2.36. The maximum Gasteiger partial charge on any atom is 0.406 e. The highest BCUT2D eigenvalue weighted by molar-refractivity contribution is 5.95. The van der Waals surface area contributed by atoms with Crippen molar-refractivity contribution in [2.24, 2.45) is 0 Å². The average molecular weight is 528 g/mol. The summed E-state index contributed by atoms with van der Waals surface area (Å²) in [4.78, 5) is 14.1. The Hall–Kier alpha value is -3.84. The first-order chi connectivity index (χ1) is 18.2. The Morgan fingerprint density at radius 3 is 2.58 bits per heavy atom. The molecule has 2 aromatic carbocycles. The summed E-state index contributed by atoms with van der Waals surface area (Å²) in [7, 11) is 5.12. The quantitative estimate of drug-likeness (QED) is 0.394. The van der Waals surface area contributed by atoms with E-state index in [-0.39, 0.29) is 18.5 Å². The third kappa shape index (κ3) is 6.53. The van der Waals surface area contributed by atoms with Crippen molar-refractivity contribution in [1.29, 1.82) is 0 Å². The van der Waals surface area contributed by atoms with Gasteiger partial charge in [-0.1, -0.05) is 12.0 Å². The Morgan fingerprint density at radius 1 is 1.13 bits per heavy atom. The molecule has 3 N–H and O–H groups in total. The molecule has 202 valence electrons. The van der Waals surface area contributed by atoms with Crippen LogP contribution in [0, 0.1) is 11.8 Å². The van der Waals surface area contributed by atoms with E-state index in [1.807, 2.05) is 6.07 Å². The third-order valence-electron chi connectivity index (χ3n) is 6.64. The number of hydrogen-bond donors (Lipinski definition) is 3. The Labute approximate surface area is 220 Å². The van der Waals surface area contributed by atoms with Crippen LogP contribution in [0.3, 0.4) is 0 Å². The zero-order valence-electron chi connectivity index (χ0n) is 21.7. The van der Waals surface area contributed by atoms with Crippen molar-refractivity contribution in [2.45, 2.75) is 31.6 Å². The van der Waals surface area contributed by atoms with Gasteiger partial charge in [0.15, 0.2) is 0 Å². The molecule has 0 saturated carbocycles. The van der Waals surface area contributed by atoms with E-state index in [9.17, 15) is 18.0 Å². The van der Waals surface area contributed by atoms with Gasteiger partial charge >= 0.3 is 6.18 Å². The number of fused-ring (bicyclic) bond motifs is 1. The van der Waals surface area contributed by atoms with Crippen LogP contribution in [-0.4, -0.2) is 68.4 Å². The summed E-state index contributed by atoms with van der Waals surface area (Å²) in [6.07, 6.45) is -2.44.